The zero-order valence-corrected chi connectivity index (χ0v) is 15.1. The number of nitrogens with two attached hydrogens (primary N) is 1. The number of pyridine rings is 1. The fourth-order valence-electron chi connectivity index (χ4n) is 2.89. The lowest BCUT2D eigenvalue weighted by Gasteiger charge is -2.38. The summed E-state index contributed by atoms with van der Waals surface area (Å²) in [6.07, 6.45) is 8.88. The van der Waals surface area contributed by atoms with E-state index in [0.717, 1.165) is 21.5 Å². The van der Waals surface area contributed by atoms with Crippen molar-refractivity contribution in [2.45, 2.75) is 19.3 Å². The Labute approximate surface area is 155 Å². The largest absolute Gasteiger partial charge is 0.350 e. The highest BCUT2D eigenvalue weighted by Crippen LogP contribution is 2.30. The topological polar surface area (TPSA) is 100.0 Å². The van der Waals surface area contributed by atoms with E-state index >= 15 is 0 Å². The van der Waals surface area contributed by atoms with Crippen molar-refractivity contribution in [3.63, 3.8) is 0 Å². The highest BCUT2D eigenvalue weighted by Gasteiger charge is 2.39. The molecule has 27 heavy (non-hydrogen) atoms. The van der Waals surface area contributed by atoms with Crippen LogP contribution >= 0.6 is 0 Å². The summed E-state index contributed by atoms with van der Waals surface area (Å²) in [4.78, 5) is 17.0. The Morgan fingerprint density at radius 1 is 1.48 bits per heavy atom. The number of halogens is 1. The second kappa shape index (κ2) is 7.68. The lowest BCUT2D eigenvalue weighted by Crippen LogP contribution is -2.54. The molecule has 1 unspecified atom stereocenters. The van der Waals surface area contributed by atoms with Gasteiger partial charge in [-0.15, -0.1) is 0 Å². The van der Waals surface area contributed by atoms with Gasteiger partial charge in [0.25, 0.3) is 5.85 Å². The van der Waals surface area contributed by atoms with Gasteiger partial charge in [0.2, 0.25) is 0 Å². The predicted octanol–water partition coefficient (Wildman–Crippen LogP) is 1.10. The van der Waals surface area contributed by atoms with Crippen LogP contribution in [-0.4, -0.2) is 33.0 Å². The predicted molar refractivity (Wildman–Crippen MR) is 98.8 cm³/mol. The Morgan fingerprint density at radius 2 is 2.30 bits per heavy atom. The molecule has 3 N–H and O–H groups in total. The van der Waals surface area contributed by atoms with E-state index in [0.29, 0.717) is 6.33 Å². The molecule has 0 radical (unpaired) electrons. The molecular weight excluding hydrogens is 351 g/mol. The second-order valence-corrected chi connectivity index (χ2v) is 6.06. The Balaban J connectivity index is 2.02. The summed E-state index contributed by atoms with van der Waals surface area (Å²) in [5, 5.41) is 7.34. The molecule has 0 amide bonds. The maximum Gasteiger partial charge on any atom is 0.350 e. The summed E-state index contributed by atoms with van der Waals surface area (Å²) in [6, 6.07) is 3.71. The second-order valence-electron chi connectivity index (χ2n) is 6.06. The summed E-state index contributed by atoms with van der Waals surface area (Å²) in [5.74, 6) is -1.27. The number of rotatable bonds is 6. The van der Waals surface area contributed by atoms with Crippen LogP contribution in [-0.2, 0) is 17.1 Å². The number of dihydropyridines is 1. The third-order valence-electron chi connectivity index (χ3n) is 4.45. The van der Waals surface area contributed by atoms with E-state index in [9.17, 15) is 9.18 Å². The van der Waals surface area contributed by atoms with E-state index in [1.54, 1.807) is 12.4 Å². The number of hydrogen-bond acceptors (Lipinski definition) is 6. The number of nitrogens with one attached hydrogen (secondary N) is 1. The van der Waals surface area contributed by atoms with Gasteiger partial charge in [0, 0.05) is 42.9 Å². The van der Waals surface area contributed by atoms with Crippen molar-refractivity contribution >= 4 is 5.70 Å². The molecule has 1 aliphatic rings. The number of methoxy groups -OCH3 is 1. The Kier molecular flexibility index (Phi) is 5.33. The molecule has 1 aliphatic heterocycles. The number of hydrogen-bond donors (Lipinski definition) is 2. The first kappa shape index (κ1) is 18.7. The van der Waals surface area contributed by atoms with Gasteiger partial charge < -0.3 is 15.8 Å². The molecule has 0 aliphatic carbocycles. The van der Waals surface area contributed by atoms with E-state index in [-0.39, 0.29) is 18.7 Å². The monoisotopic (exact) mass is 372 g/mol. The van der Waals surface area contributed by atoms with E-state index in [1.807, 2.05) is 31.2 Å². The van der Waals surface area contributed by atoms with E-state index in [4.69, 9.17) is 10.5 Å². The SMILES string of the molecule is COC1(n2cnn(C/C(=C/F)CN)c2=O)NC(c2cccnc2)=CC=C1C. The first-order valence-corrected chi connectivity index (χ1v) is 8.31. The van der Waals surface area contributed by atoms with Crippen molar-refractivity contribution in [2.24, 2.45) is 5.73 Å². The molecule has 1 atom stereocenters. The molecule has 3 rings (SSSR count). The van der Waals surface area contributed by atoms with Crippen LogP contribution in [0.4, 0.5) is 4.39 Å². The molecule has 0 fully saturated rings. The number of aromatic nitrogens is 4. The van der Waals surface area contributed by atoms with Gasteiger partial charge in [-0.1, -0.05) is 6.08 Å². The normalized spacial score (nSPS) is 20.1. The van der Waals surface area contributed by atoms with Crippen LogP contribution in [0, 0.1) is 0 Å². The van der Waals surface area contributed by atoms with Crippen molar-refractivity contribution in [2.75, 3.05) is 13.7 Å². The summed E-state index contributed by atoms with van der Waals surface area (Å²) in [5.41, 5.74) is 7.60. The van der Waals surface area contributed by atoms with E-state index in [1.165, 1.54) is 18.0 Å². The van der Waals surface area contributed by atoms with Gasteiger partial charge >= 0.3 is 5.69 Å². The summed E-state index contributed by atoms with van der Waals surface area (Å²) >= 11 is 0. The first-order chi connectivity index (χ1) is 13.1. The molecule has 0 saturated heterocycles. The van der Waals surface area contributed by atoms with Crippen LogP contribution in [0.25, 0.3) is 5.70 Å². The molecular formula is C18H21FN6O2. The molecule has 9 heteroatoms. The van der Waals surface area contributed by atoms with Crippen LogP contribution in [0.2, 0.25) is 0 Å². The molecule has 0 bridgehead atoms. The molecule has 3 heterocycles. The third kappa shape index (κ3) is 3.34. The zero-order chi connectivity index (χ0) is 19.4. The van der Waals surface area contributed by atoms with Crippen molar-refractivity contribution in [1.82, 2.24) is 24.6 Å². The fraction of sp³-hybridized carbons (Fsp3) is 0.278. The van der Waals surface area contributed by atoms with Crippen LogP contribution in [0.3, 0.4) is 0 Å². The average Bonchev–Trinajstić information content (AvgIpc) is 3.08. The summed E-state index contributed by atoms with van der Waals surface area (Å²) < 4.78 is 21.0. The van der Waals surface area contributed by atoms with Crippen molar-refractivity contribution in [1.29, 1.82) is 0 Å². The highest BCUT2D eigenvalue weighted by molar-refractivity contribution is 5.67. The quantitative estimate of drug-likeness (QED) is 0.788. The maximum absolute atomic E-state index is 12.9. The van der Waals surface area contributed by atoms with E-state index in [2.05, 4.69) is 15.4 Å². The Bertz CT molecular complexity index is 960. The molecule has 0 spiro atoms. The van der Waals surface area contributed by atoms with Crippen molar-refractivity contribution in [3.05, 3.63) is 76.5 Å². The Hall–Kier alpha value is -3.04. The average molecular weight is 372 g/mol. The van der Waals surface area contributed by atoms with Gasteiger partial charge in [-0.3, -0.25) is 4.98 Å². The lowest BCUT2D eigenvalue weighted by molar-refractivity contribution is -0.0650. The van der Waals surface area contributed by atoms with Gasteiger partial charge in [-0.25, -0.2) is 18.4 Å². The molecule has 8 nitrogen and oxygen atoms in total. The van der Waals surface area contributed by atoms with Gasteiger partial charge in [-0.05, 0) is 30.7 Å². The molecule has 142 valence electrons. The fourth-order valence-corrected chi connectivity index (χ4v) is 2.89. The lowest BCUT2D eigenvalue weighted by atomic mass is 10.0. The molecule has 0 saturated carbocycles. The smallest absolute Gasteiger partial charge is 0.338 e. The maximum atomic E-state index is 12.9. The Morgan fingerprint density at radius 3 is 2.93 bits per heavy atom. The number of allylic oxidation sites excluding steroid dienone is 2. The van der Waals surface area contributed by atoms with Crippen LogP contribution in [0.15, 0.2) is 65.3 Å². The number of nitrogens with zero attached hydrogens (tertiary/aromatic N) is 4. The van der Waals surface area contributed by atoms with E-state index < -0.39 is 11.5 Å². The van der Waals surface area contributed by atoms with Gasteiger partial charge in [-0.2, -0.15) is 5.10 Å². The van der Waals surface area contributed by atoms with Gasteiger partial charge in [0.15, 0.2) is 0 Å². The van der Waals surface area contributed by atoms with Crippen LogP contribution in [0.1, 0.15) is 12.5 Å². The minimum Gasteiger partial charge on any atom is -0.338 e. The summed E-state index contributed by atoms with van der Waals surface area (Å²) in [7, 11) is 1.49. The summed E-state index contributed by atoms with van der Waals surface area (Å²) in [6.45, 7) is 1.80. The molecule has 0 aromatic carbocycles. The highest BCUT2D eigenvalue weighted by atomic mass is 19.1. The van der Waals surface area contributed by atoms with Crippen molar-refractivity contribution in [3.8, 4) is 0 Å². The molecule has 2 aromatic heterocycles. The first-order valence-electron chi connectivity index (χ1n) is 8.31. The van der Waals surface area contributed by atoms with Gasteiger partial charge in [0.05, 0.1) is 12.9 Å². The van der Waals surface area contributed by atoms with Crippen molar-refractivity contribution < 1.29 is 9.13 Å². The standard InChI is InChI=1S/C18H21FN6O2/c1-13-5-6-16(15-4-3-7-21-10-15)23-18(13,27-2)24-12-22-25(17(24)26)11-14(8-19)9-20/h3-8,10,12,23H,9,11,20H2,1-2H3/b14-8+. The minimum atomic E-state index is -1.27. The van der Waals surface area contributed by atoms with Crippen LogP contribution in [0.5, 0.6) is 0 Å². The number of ether oxygens (including phenoxy) is 1. The molecule has 2 aromatic rings. The third-order valence-corrected chi connectivity index (χ3v) is 4.45. The zero-order valence-electron chi connectivity index (χ0n) is 15.1. The van der Waals surface area contributed by atoms with Gasteiger partial charge in [0.1, 0.15) is 6.33 Å². The minimum absolute atomic E-state index is 0.00368. The van der Waals surface area contributed by atoms with Crippen LogP contribution < -0.4 is 16.7 Å².